The molecule has 4 nitrogen and oxygen atoms in total. The van der Waals surface area contributed by atoms with E-state index in [2.05, 4.69) is 5.29 Å². The lowest BCUT2D eigenvalue weighted by Crippen LogP contribution is -2.14. The minimum absolute atomic E-state index is 0.0606. The molecule has 0 radical (unpaired) electrons. The van der Waals surface area contributed by atoms with Gasteiger partial charge in [-0.25, -0.2) is 0 Å². The lowest BCUT2D eigenvalue weighted by atomic mass is 10.2. The molecule has 0 aromatic carbocycles. The van der Waals surface area contributed by atoms with Crippen molar-refractivity contribution in [2.24, 2.45) is 5.29 Å². The average Bonchev–Trinajstić information content (AvgIpc) is 2.66. The minimum Gasteiger partial charge on any atom is -0.293 e. The molecule has 0 saturated heterocycles. The van der Waals surface area contributed by atoms with Crippen LogP contribution in [0.5, 0.6) is 0 Å². The second-order valence-electron chi connectivity index (χ2n) is 2.61. The van der Waals surface area contributed by atoms with Gasteiger partial charge in [0.1, 0.15) is 0 Å². The van der Waals surface area contributed by atoms with E-state index >= 15 is 0 Å². The SMILES string of the molecule is CN(CCC(=O)c1cccs1)N=O. The summed E-state index contributed by atoms with van der Waals surface area (Å²) in [5, 5.41) is 5.75. The molecule has 0 aliphatic carbocycles. The van der Waals surface area contributed by atoms with Crippen LogP contribution in [0.3, 0.4) is 0 Å². The van der Waals surface area contributed by atoms with Crippen LogP contribution < -0.4 is 0 Å². The van der Waals surface area contributed by atoms with Crippen LogP contribution >= 0.6 is 11.3 Å². The number of carbonyl (C=O) groups is 1. The van der Waals surface area contributed by atoms with Crippen molar-refractivity contribution in [2.75, 3.05) is 13.6 Å². The lowest BCUT2D eigenvalue weighted by Gasteiger charge is -2.05. The topological polar surface area (TPSA) is 49.7 Å². The second kappa shape index (κ2) is 4.71. The highest BCUT2D eigenvalue weighted by Crippen LogP contribution is 2.11. The maximum atomic E-state index is 11.4. The molecular weight excluding hydrogens is 188 g/mol. The summed E-state index contributed by atoms with van der Waals surface area (Å²) < 4.78 is 0. The molecule has 0 unspecified atom stereocenters. The van der Waals surface area contributed by atoms with Crippen LogP contribution in [0.1, 0.15) is 16.1 Å². The van der Waals surface area contributed by atoms with E-state index in [4.69, 9.17) is 0 Å². The molecule has 0 fully saturated rings. The molecule has 0 bridgehead atoms. The molecule has 1 aromatic heterocycles. The number of nitroso groups, excluding NO2 is 1. The Bertz CT molecular complexity index is 284. The molecule has 0 aliphatic rings. The van der Waals surface area contributed by atoms with Gasteiger partial charge in [-0.1, -0.05) is 6.07 Å². The normalized spacial score (nSPS) is 9.62. The molecule has 0 aliphatic heterocycles. The number of rotatable bonds is 5. The van der Waals surface area contributed by atoms with Crippen molar-refractivity contribution in [3.05, 3.63) is 27.3 Å². The van der Waals surface area contributed by atoms with Crippen molar-refractivity contribution in [1.29, 1.82) is 0 Å². The van der Waals surface area contributed by atoms with E-state index in [1.54, 1.807) is 13.1 Å². The largest absolute Gasteiger partial charge is 0.293 e. The molecule has 0 saturated carbocycles. The van der Waals surface area contributed by atoms with Crippen LogP contribution in [0, 0.1) is 4.91 Å². The van der Waals surface area contributed by atoms with Crippen LogP contribution in [-0.2, 0) is 0 Å². The van der Waals surface area contributed by atoms with Gasteiger partial charge in [-0.15, -0.1) is 16.2 Å². The van der Waals surface area contributed by atoms with Gasteiger partial charge in [-0.2, -0.15) is 0 Å². The Morgan fingerprint density at radius 3 is 3.00 bits per heavy atom. The maximum absolute atomic E-state index is 11.4. The third-order valence-corrected chi connectivity index (χ3v) is 2.51. The van der Waals surface area contributed by atoms with Crippen molar-refractivity contribution < 1.29 is 4.79 Å². The van der Waals surface area contributed by atoms with Gasteiger partial charge in [-0.05, 0) is 11.4 Å². The van der Waals surface area contributed by atoms with E-state index in [-0.39, 0.29) is 5.78 Å². The van der Waals surface area contributed by atoms with Gasteiger partial charge in [0, 0.05) is 20.0 Å². The highest BCUT2D eigenvalue weighted by atomic mass is 32.1. The monoisotopic (exact) mass is 198 g/mol. The molecule has 0 N–H and O–H groups in total. The summed E-state index contributed by atoms with van der Waals surface area (Å²) in [6.07, 6.45) is 0.336. The summed E-state index contributed by atoms with van der Waals surface area (Å²) in [7, 11) is 1.55. The van der Waals surface area contributed by atoms with Gasteiger partial charge < -0.3 is 0 Å². The Morgan fingerprint density at radius 1 is 1.69 bits per heavy atom. The highest BCUT2D eigenvalue weighted by molar-refractivity contribution is 7.12. The minimum atomic E-state index is 0.0606. The molecule has 70 valence electrons. The summed E-state index contributed by atoms with van der Waals surface area (Å²) in [6, 6.07) is 3.61. The van der Waals surface area contributed by atoms with Gasteiger partial charge in [-0.3, -0.25) is 9.80 Å². The Morgan fingerprint density at radius 2 is 2.46 bits per heavy atom. The van der Waals surface area contributed by atoms with E-state index in [0.29, 0.717) is 13.0 Å². The van der Waals surface area contributed by atoms with Gasteiger partial charge in [0.25, 0.3) is 0 Å². The van der Waals surface area contributed by atoms with Crippen molar-refractivity contribution in [1.82, 2.24) is 5.01 Å². The summed E-state index contributed by atoms with van der Waals surface area (Å²) in [6.45, 7) is 0.375. The fourth-order valence-corrected chi connectivity index (χ4v) is 1.56. The molecule has 0 amide bonds. The molecule has 0 spiro atoms. The summed E-state index contributed by atoms with van der Waals surface area (Å²) in [4.78, 5) is 22.1. The molecule has 1 heterocycles. The quantitative estimate of drug-likeness (QED) is 0.412. The highest BCUT2D eigenvalue weighted by Gasteiger charge is 2.07. The van der Waals surface area contributed by atoms with E-state index in [1.807, 2.05) is 11.4 Å². The van der Waals surface area contributed by atoms with Crippen molar-refractivity contribution >= 4 is 17.1 Å². The standard InChI is InChI=1S/C8H10N2O2S/c1-10(9-12)5-4-7(11)8-3-2-6-13-8/h2-3,6H,4-5H2,1H3. The van der Waals surface area contributed by atoms with Crippen LogP contribution in [0.4, 0.5) is 0 Å². The fraction of sp³-hybridized carbons (Fsp3) is 0.375. The van der Waals surface area contributed by atoms with Gasteiger partial charge in [0.05, 0.1) is 10.2 Å². The molecule has 5 heteroatoms. The Hall–Kier alpha value is -1.23. The van der Waals surface area contributed by atoms with E-state index in [9.17, 15) is 9.70 Å². The zero-order chi connectivity index (χ0) is 9.68. The van der Waals surface area contributed by atoms with Gasteiger partial charge in [0.15, 0.2) is 5.78 Å². The number of ketones is 1. The Kier molecular flexibility index (Phi) is 3.57. The smallest absolute Gasteiger partial charge is 0.174 e. The van der Waals surface area contributed by atoms with Gasteiger partial charge >= 0.3 is 0 Å². The summed E-state index contributed by atoms with van der Waals surface area (Å²) in [5.41, 5.74) is 0. The second-order valence-corrected chi connectivity index (χ2v) is 3.56. The van der Waals surface area contributed by atoms with Crippen molar-refractivity contribution in [2.45, 2.75) is 6.42 Å². The van der Waals surface area contributed by atoms with Crippen molar-refractivity contribution in [3.63, 3.8) is 0 Å². The molecule has 1 aromatic rings. The zero-order valence-electron chi connectivity index (χ0n) is 7.27. The third-order valence-electron chi connectivity index (χ3n) is 1.60. The maximum Gasteiger partial charge on any atom is 0.174 e. The first-order valence-corrected chi connectivity index (χ1v) is 4.73. The van der Waals surface area contributed by atoms with E-state index in [0.717, 1.165) is 4.88 Å². The molecular formula is C8H10N2O2S. The summed E-state index contributed by atoms with van der Waals surface area (Å²) >= 11 is 1.41. The molecule has 1 rings (SSSR count). The van der Waals surface area contributed by atoms with E-state index < -0.39 is 0 Å². The van der Waals surface area contributed by atoms with E-state index in [1.165, 1.54) is 16.3 Å². The molecule has 0 atom stereocenters. The Labute approximate surface area is 80.1 Å². The number of hydrogen-bond acceptors (Lipinski definition) is 4. The van der Waals surface area contributed by atoms with Crippen LogP contribution in [-0.4, -0.2) is 24.4 Å². The first-order chi connectivity index (χ1) is 6.24. The Balaban J connectivity index is 2.39. The number of nitrogens with zero attached hydrogens (tertiary/aromatic N) is 2. The van der Waals surface area contributed by atoms with Crippen LogP contribution in [0.2, 0.25) is 0 Å². The predicted octanol–water partition coefficient (Wildman–Crippen LogP) is 1.93. The van der Waals surface area contributed by atoms with Crippen LogP contribution in [0.25, 0.3) is 0 Å². The first-order valence-electron chi connectivity index (χ1n) is 3.85. The number of thiophene rings is 1. The third kappa shape index (κ3) is 2.95. The number of Topliss-reactive ketones (excluding diaryl/α,β-unsaturated/α-hetero) is 1. The first kappa shape index (κ1) is 9.85. The average molecular weight is 198 g/mol. The van der Waals surface area contributed by atoms with Crippen LogP contribution in [0.15, 0.2) is 22.8 Å². The zero-order valence-corrected chi connectivity index (χ0v) is 8.08. The lowest BCUT2D eigenvalue weighted by molar-refractivity contribution is 0.0973. The predicted molar refractivity (Wildman–Crippen MR) is 51.7 cm³/mol. The van der Waals surface area contributed by atoms with Crippen molar-refractivity contribution in [3.8, 4) is 0 Å². The number of hydrogen-bond donors (Lipinski definition) is 0. The summed E-state index contributed by atoms with van der Waals surface area (Å²) in [5.74, 6) is 0.0606. The number of carbonyl (C=O) groups excluding carboxylic acids is 1. The molecule has 13 heavy (non-hydrogen) atoms. The fourth-order valence-electron chi connectivity index (χ4n) is 0.865. The van der Waals surface area contributed by atoms with Gasteiger partial charge in [0.2, 0.25) is 0 Å².